The zero-order chi connectivity index (χ0) is 21.8. The van der Waals surface area contributed by atoms with Crippen molar-refractivity contribution in [3.05, 3.63) is 93.4 Å². The molecule has 1 aliphatic rings. The first kappa shape index (κ1) is 21.2. The summed E-state index contributed by atoms with van der Waals surface area (Å²) < 4.78 is 20.2. The number of hydrogen-bond donors (Lipinski definition) is 0. The third-order valence-corrected chi connectivity index (χ3v) is 5.83. The normalized spacial score (nSPS) is 13.9. The van der Waals surface area contributed by atoms with Gasteiger partial charge in [0.25, 0.3) is 5.56 Å². The molecule has 6 heteroatoms. The molecule has 1 aromatic carbocycles. The number of rotatable bonds is 7. The van der Waals surface area contributed by atoms with Crippen LogP contribution in [0.25, 0.3) is 0 Å². The van der Waals surface area contributed by atoms with Gasteiger partial charge in [-0.1, -0.05) is 18.2 Å². The Bertz CT molecular complexity index is 1090. The van der Waals surface area contributed by atoms with Gasteiger partial charge in [0, 0.05) is 37.9 Å². The van der Waals surface area contributed by atoms with E-state index in [0.29, 0.717) is 24.0 Å². The quantitative estimate of drug-likeness (QED) is 0.579. The molecule has 0 saturated heterocycles. The first-order valence-corrected chi connectivity index (χ1v) is 10.8. The summed E-state index contributed by atoms with van der Waals surface area (Å²) in [6.45, 7) is 7.40. The van der Waals surface area contributed by atoms with Crippen molar-refractivity contribution in [2.45, 2.75) is 52.4 Å². The summed E-state index contributed by atoms with van der Waals surface area (Å²) in [7, 11) is 0. The lowest BCUT2D eigenvalue weighted by Crippen LogP contribution is -2.35. The number of fused-ring (bicyclic) bond motifs is 1. The molecule has 0 aliphatic carbocycles. The van der Waals surface area contributed by atoms with E-state index in [1.807, 2.05) is 0 Å². The molecule has 3 heterocycles. The number of ether oxygens (including phenoxy) is 1. The van der Waals surface area contributed by atoms with Crippen LogP contribution in [0.3, 0.4) is 0 Å². The van der Waals surface area contributed by atoms with Gasteiger partial charge in [-0.05, 0) is 61.6 Å². The van der Waals surface area contributed by atoms with E-state index < -0.39 is 0 Å². The molecule has 5 nitrogen and oxygen atoms in total. The summed E-state index contributed by atoms with van der Waals surface area (Å²) in [4.78, 5) is 18.9. The minimum atomic E-state index is -0.387. The van der Waals surface area contributed by atoms with Crippen LogP contribution in [-0.4, -0.2) is 27.0 Å². The summed E-state index contributed by atoms with van der Waals surface area (Å²) in [5, 5.41) is 0. The molecule has 0 spiro atoms. The molecular weight excluding hydrogens is 393 g/mol. The van der Waals surface area contributed by atoms with Crippen LogP contribution in [0, 0.1) is 5.82 Å². The number of aryl methyl sites for hydroxylation is 2. The molecular formula is C25H28FN3O2. The molecule has 4 rings (SSSR count). The lowest BCUT2D eigenvalue weighted by molar-refractivity contribution is 0.203. The second kappa shape index (κ2) is 9.43. The Labute approximate surface area is 182 Å². The van der Waals surface area contributed by atoms with E-state index in [-0.39, 0.29) is 18.0 Å². The molecule has 0 radical (unpaired) electrons. The second-order valence-corrected chi connectivity index (χ2v) is 8.32. The summed E-state index contributed by atoms with van der Waals surface area (Å²) in [5.74, 6) is 0.0949. The van der Waals surface area contributed by atoms with Gasteiger partial charge in [-0.25, -0.2) is 4.39 Å². The minimum absolute atomic E-state index is 0.103. The molecule has 0 saturated carbocycles. The minimum Gasteiger partial charge on any atom is -0.487 e. The molecule has 3 aromatic rings. The zero-order valence-corrected chi connectivity index (χ0v) is 18.1. The molecule has 0 N–H and O–H groups in total. The highest BCUT2D eigenvalue weighted by atomic mass is 19.1. The molecule has 0 amide bonds. The van der Waals surface area contributed by atoms with Crippen LogP contribution < -0.4 is 10.3 Å². The molecule has 0 atom stereocenters. The Morgan fingerprint density at radius 1 is 1.13 bits per heavy atom. The van der Waals surface area contributed by atoms with E-state index in [1.54, 1.807) is 22.9 Å². The van der Waals surface area contributed by atoms with Crippen LogP contribution in [0.4, 0.5) is 4.39 Å². The molecule has 0 fully saturated rings. The highest BCUT2D eigenvalue weighted by molar-refractivity contribution is 5.34. The van der Waals surface area contributed by atoms with Crippen LogP contribution in [0.2, 0.25) is 0 Å². The fourth-order valence-electron chi connectivity index (χ4n) is 3.89. The molecule has 2 aromatic heterocycles. The monoisotopic (exact) mass is 421 g/mol. The van der Waals surface area contributed by atoms with E-state index in [0.717, 1.165) is 32.1 Å². The van der Waals surface area contributed by atoms with Gasteiger partial charge in [0.1, 0.15) is 18.2 Å². The second-order valence-electron chi connectivity index (χ2n) is 8.32. The van der Waals surface area contributed by atoms with E-state index in [4.69, 9.17) is 4.74 Å². The van der Waals surface area contributed by atoms with Crippen molar-refractivity contribution in [1.82, 2.24) is 14.5 Å². The van der Waals surface area contributed by atoms with Crippen molar-refractivity contribution in [1.29, 1.82) is 0 Å². The smallest absolute Gasteiger partial charge is 0.254 e. The predicted octanol–water partition coefficient (Wildman–Crippen LogP) is 3.97. The maximum Gasteiger partial charge on any atom is 0.254 e. The first-order valence-electron chi connectivity index (χ1n) is 10.8. The lowest BCUT2D eigenvalue weighted by atomic mass is 9.95. The zero-order valence-electron chi connectivity index (χ0n) is 18.1. The van der Waals surface area contributed by atoms with Gasteiger partial charge in [-0.3, -0.25) is 14.7 Å². The molecule has 0 bridgehead atoms. The maximum atomic E-state index is 12.9. The van der Waals surface area contributed by atoms with Gasteiger partial charge >= 0.3 is 0 Å². The van der Waals surface area contributed by atoms with Crippen molar-refractivity contribution < 1.29 is 9.13 Å². The van der Waals surface area contributed by atoms with Gasteiger partial charge < -0.3 is 9.30 Å². The Morgan fingerprint density at radius 3 is 2.74 bits per heavy atom. The van der Waals surface area contributed by atoms with Gasteiger partial charge in [-0.2, -0.15) is 0 Å². The van der Waals surface area contributed by atoms with E-state index in [2.05, 4.69) is 41.9 Å². The largest absolute Gasteiger partial charge is 0.487 e. The average molecular weight is 422 g/mol. The number of benzene rings is 1. The predicted molar refractivity (Wildman–Crippen MR) is 119 cm³/mol. The van der Waals surface area contributed by atoms with Crippen LogP contribution in [0.5, 0.6) is 5.75 Å². The molecule has 31 heavy (non-hydrogen) atoms. The standard InChI is InChI=1S/C25H28FN3O2/c1-18(2)29-11-8-20-4-3-19(13-21(20)16-29)7-10-28-12-9-24(14-25(28)30)31-17-23-6-5-22(26)15-27-23/h3-6,9,12-15,18H,7-8,10-11,16-17H2,1-2H3. The SMILES string of the molecule is CC(C)N1CCc2ccc(CCn3ccc(OCc4ccc(F)cn4)cc3=O)cc2C1. The number of halogens is 1. The number of hydrogen-bond acceptors (Lipinski definition) is 4. The molecule has 0 unspecified atom stereocenters. The van der Waals surface area contributed by atoms with Gasteiger partial charge in [0.15, 0.2) is 0 Å². The Morgan fingerprint density at radius 2 is 2.00 bits per heavy atom. The Hall–Kier alpha value is -2.99. The number of aromatic nitrogens is 2. The first-order chi connectivity index (χ1) is 15.0. The van der Waals surface area contributed by atoms with Crippen molar-refractivity contribution in [2.75, 3.05) is 6.54 Å². The Balaban J connectivity index is 1.36. The summed E-state index contributed by atoms with van der Waals surface area (Å²) in [6.07, 6.45) is 4.81. The van der Waals surface area contributed by atoms with Crippen LogP contribution in [0.1, 0.15) is 36.2 Å². The van der Waals surface area contributed by atoms with Crippen molar-refractivity contribution in [3.8, 4) is 5.75 Å². The summed E-state index contributed by atoms with van der Waals surface area (Å²) in [6, 6.07) is 13.4. The third kappa shape index (κ3) is 5.39. The van der Waals surface area contributed by atoms with Crippen LogP contribution in [0.15, 0.2) is 59.7 Å². The number of pyridine rings is 2. The summed E-state index contributed by atoms with van der Waals surface area (Å²) in [5.41, 5.74) is 4.60. The number of nitrogens with zero attached hydrogens (tertiary/aromatic N) is 3. The van der Waals surface area contributed by atoms with Crippen molar-refractivity contribution in [3.63, 3.8) is 0 Å². The van der Waals surface area contributed by atoms with E-state index in [9.17, 15) is 9.18 Å². The molecule has 1 aliphatic heterocycles. The summed E-state index contributed by atoms with van der Waals surface area (Å²) >= 11 is 0. The van der Waals surface area contributed by atoms with Gasteiger partial charge in [0.05, 0.1) is 11.9 Å². The maximum absolute atomic E-state index is 12.9. The Kier molecular flexibility index (Phi) is 6.47. The van der Waals surface area contributed by atoms with Crippen molar-refractivity contribution in [2.24, 2.45) is 0 Å². The third-order valence-electron chi connectivity index (χ3n) is 5.83. The lowest BCUT2D eigenvalue weighted by Gasteiger charge is -2.32. The van der Waals surface area contributed by atoms with Gasteiger partial charge in [-0.15, -0.1) is 0 Å². The fraction of sp³-hybridized carbons (Fsp3) is 0.360. The van der Waals surface area contributed by atoms with E-state index >= 15 is 0 Å². The van der Waals surface area contributed by atoms with Crippen LogP contribution in [-0.2, 0) is 32.5 Å². The topological polar surface area (TPSA) is 47.4 Å². The van der Waals surface area contributed by atoms with Gasteiger partial charge in [0.2, 0.25) is 0 Å². The molecule has 162 valence electrons. The average Bonchev–Trinajstić information content (AvgIpc) is 2.77. The fourth-order valence-corrected chi connectivity index (χ4v) is 3.89. The van der Waals surface area contributed by atoms with E-state index in [1.165, 1.54) is 28.8 Å². The van der Waals surface area contributed by atoms with Crippen LogP contribution >= 0.6 is 0 Å². The highest BCUT2D eigenvalue weighted by Gasteiger charge is 2.18. The van der Waals surface area contributed by atoms with Crippen molar-refractivity contribution >= 4 is 0 Å². The highest BCUT2D eigenvalue weighted by Crippen LogP contribution is 2.22.